The fourth-order valence-corrected chi connectivity index (χ4v) is 6.28. The molecule has 1 unspecified atom stereocenters. The maximum absolute atomic E-state index is 13.1. The zero-order valence-electron chi connectivity index (χ0n) is 17.7. The van der Waals surface area contributed by atoms with E-state index in [2.05, 4.69) is 19.2 Å². The summed E-state index contributed by atoms with van der Waals surface area (Å²) >= 11 is 0. The molecule has 1 aromatic rings. The highest BCUT2D eigenvalue weighted by Crippen LogP contribution is 2.42. The van der Waals surface area contributed by atoms with E-state index in [1.807, 2.05) is 4.90 Å². The Balaban J connectivity index is 1.53. The molecule has 6 nitrogen and oxygen atoms in total. The average Bonchev–Trinajstić information content (AvgIpc) is 3.48. The lowest BCUT2D eigenvalue weighted by molar-refractivity contribution is -0.137. The van der Waals surface area contributed by atoms with Crippen LogP contribution >= 0.6 is 0 Å². The van der Waals surface area contributed by atoms with Crippen molar-refractivity contribution in [1.82, 2.24) is 14.5 Å². The number of nitrogens with one attached hydrogen (secondary N) is 1. The first-order valence-corrected chi connectivity index (χ1v) is 12.2. The molecule has 1 amide bonds. The van der Waals surface area contributed by atoms with Crippen molar-refractivity contribution in [2.24, 2.45) is 5.92 Å². The minimum absolute atomic E-state index is 0.0883. The average molecular weight is 460 g/mol. The summed E-state index contributed by atoms with van der Waals surface area (Å²) in [4.78, 5) is 14.6. The Bertz CT molecular complexity index is 952. The molecule has 2 saturated heterocycles. The quantitative estimate of drug-likeness (QED) is 0.734. The molecule has 2 heterocycles. The summed E-state index contributed by atoms with van der Waals surface area (Å²) in [5.74, 6) is 0.435. The fourth-order valence-electron chi connectivity index (χ4n) is 4.79. The standard InChI is InChI=1S/C21H28F3N3O3S/c1-14(2)12-18-19(28)27(16-6-7-16)20(25-18)8-10-26(11-9-20)31(29,30)17-5-3-4-15(13-17)21(22,23)24/h3-5,13-14,16,18,25H,6-12H2,1-2H3. The lowest BCUT2D eigenvalue weighted by Crippen LogP contribution is -2.60. The van der Waals surface area contributed by atoms with Crippen molar-refractivity contribution in [3.63, 3.8) is 0 Å². The largest absolute Gasteiger partial charge is 0.416 e. The summed E-state index contributed by atoms with van der Waals surface area (Å²) in [6.45, 7) is 4.42. The Morgan fingerprint density at radius 2 is 1.84 bits per heavy atom. The first-order chi connectivity index (χ1) is 14.4. The highest BCUT2D eigenvalue weighted by atomic mass is 32.2. The van der Waals surface area contributed by atoms with Gasteiger partial charge in [-0.1, -0.05) is 19.9 Å². The van der Waals surface area contributed by atoms with E-state index < -0.39 is 27.4 Å². The molecule has 1 atom stereocenters. The van der Waals surface area contributed by atoms with E-state index in [9.17, 15) is 26.4 Å². The summed E-state index contributed by atoms with van der Waals surface area (Å²) in [7, 11) is -4.06. The third-order valence-corrected chi connectivity index (χ3v) is 8.30. The van der Waals surface area contributed by atoms with Gasteiger partial charge in [-0.15, -0.1) is 0 Å². The minimum Gasteiger partial charge on any atom is -0.320 e. The number of carbonyl (C=O) groups is 1. The highest BCUT2D eigenvalue weighted by Gasteiger charge is 2.56. The third-order valence-electron chi connectivity index (χ3n) is 6.41. The monoisotopic (exact) mass is 459 g/mol. The summed E-state index contributed by atoms with van der Waals surface area (Å²) in [5.41, 5.74) is -1.56. The molecule has 0 radical (unpaired) electrons. The van der Waals surface area contributed by atoms with E-state index in [0.29, 0.717) is 24.8 Å². The molecule has 4 rings (SSSR count). The number of rotatable bonds is 5. The number of alkyl halides is 3. The Hall–Kier alpha value is -1.65. The second kappa shape index (κ2) is 7.74. The van der Waals surface area contributed by atoms with Crippen molar-refractivity contribution in [1.29, 1.82) is 0 Å². The molecule has 0 bridgehead atoms. The van der Waals surface area contributed by atoms with Crippen LogP contribution in [0.2, 0.25) is 0 Å². The van der Waals surface area contributed by atoms with Crippen LogP contribution in [0.4, 0.5) is 13.2 Å². The summed E-state index contributed by atoms with van der Waals surface area (Å²) in [6.07, 6.45) is -1.15. The van der Waals surface area contributed by atoms with Gasteiger partial charge in [0.1, 0.15) is 0 Å². The predicted octanol–water partition coefficient (Wildman–Crippen LogP) is 3.20. The number of halogens is 3. The SMILES string of the molecule is CC(C)CC1NC2(CCN(S(=O)(=O)c3cccc(C(F)(F)F)c3)CC2)N(C2CC2)C1=O. The third kappa shape index (κ3) is 4.21. The molecule has 172 valence electrons. The van der Waals surface area contributed by atoms with Gasteiger partial charge in [0.05, 0.1) is 22.2 Å². The maximum Gasteiger partial charge on any atom is 0.416 e. The van der Waals surface area contributed by atoms with E-state index >= 15 is 0 Å². The molecular formula is C21H28F3N3O3S. The van der Waals surface area contributed by atoms with E-state index in [0.717, 1.165) is 31.4 Å². The lowest BCUT2D eigenvalue weighted by Gasteiger charge is -2.44. The molecule has 1 aromatic carbocycles. The summed E-state index contributed by atoms with van der Waals surface area (Å²) < 4.78 is 66.4. The van der Waals surface area contributed by atoms with Crippen LogP contribution in [0.15, 0.2) is 29.2 Å². The van der Waals surface area contributed by atoms with Gasteiger partial charge in [0.25, 0.3) is 0 Å². The summed E-state index contributed by atoms with van der Waals surface area (Å²) in [6, 6.07) is 3.79. The van der Waals surface area contributed by atoms with Gasteiger partial charge < -0.3 is 4.90 Å². The van der Waals surface area contributed by atoms with E-state index in [-0.39, 0.29) is 36.0 Å². The van der Waals surface area contributed by atoms with Crippen molar-refractivity contribution in [2.75, 3.05) is 13.1 Å². The number of piperidine rings is 1. The smallest absolute Gasteiger partial charge is 0.320 e. The first-order valence-electron chi connectivity index (χ1n) is 10.7. The van der Waals surface area contributed by atoms with Crippen molar-refractivity contribution < 1.29 is 26.4 Å². The van der Waals surface area contributed by atoms with E-state index in [1.54, 1.807) is 0 Å². The molecule has 1 spiro atoms. The van der Waals surface area contributed by atoms with E-state index in [1.165, 1.54) is 10.4 Å². The van der Waals surface area contributed by atoms with Gasteiger partial charge in [0.15, 0.2) is 0 Å². The Labute approximate surface area is 180 Å². The van der Waals surface area contributed by atoms with Gasteiger partial charge in [-0.2, -0.15) is 17.5 Å². The van der Waals surface area contributed by atoms with Gasteiger partial charge in [-0.05, 0) is 56.2 Å². The van der Waals surface area contributed by atoms with Crippen LogP contribution < -0.4 is 5.32 Å². The van der Waals surface area contributed by atoms with Gasteiger partial charge in [0, 0.05) is 19.1 Å². The number of amides is 1. The molecule has 31 heavy (non-hydrogen) atoms. The zero-order valence-corrected chi connectivity index (χ0v) is 18.5. The Morgan fingerprint density at radius 1 is 1.19 bits per heavy atom. The van der Waals surface area contributed by atoms with Crippen LogP contribution in [0, 0.1) is 5.92 Å². The molecule has 3 aliphatic rings. The van der Waals surface area contributed by atoms with Gasteiger partial charge in [-0.3, -0.25) is 10.1 Å². The van der Waals surface area contributed by atoms with Crippen LogP contribution in [0.25, 0.3) is 0 Å². The van der Waals surface area contributed by atoms with Gasteiger partial charge in [0.2, 0.25) is 15.9 Å². The predicted molar refractivity (Wildman–Crippen MR) is 108 cm³/mol. The number of carbonyl (C=O) groups excluding carboxylic acids is 1. The number of benzene rings is 1. The summed E-state index contributed by atoms with van der Waals surface area (Å²) in [5, 5.41) is 3.51. The maximum atomic E-state index is 13.1. The number of hydrogen-bond acceptors (Lipinski definition) is 4. The minimum atomic E-state index is -4.61. The van der Waals surface area contributed by atoms with Crippen LogP contribution in [0.3, 0.4) is 0 Å². The highest BCUT2D eigenvalue weighted by molar-refractivity contribution is 7.89. The van der Waals surface area contributed by atoms with Crippen LogP contribution in [-0.4, -0.2) is 54.4 Å². The topological polar surface area (TPSA) is 69.7 Å². The van der Waals surface area contributed by atoms with Crippen LogP contribution in [-0.2, 0) is 21.0 Å². The number of nitrogens with zero attached hydrogens (tertiary/aromatic N) is 2. The Kier molecular flexibility index (Phi) is 5.63. The van der Waals surface area contributed by atoms with Gasteiger partial charge in [-0.25, -0.2) is 8.42 Å². The van der Waals surface area contributed by atoms with Crippen molar-refractivity contribution >= 4 is 15.9 Å². The molecular weight excluding hydrogens is 431 g/mol. The normalized spacial score (nSPS) is 25.0. The first kappa shape index (κ1) is 22.5. The van der Waals surface area contributed by atoms with Crippen molar-refractivity contribution in [3.8, 4) is 0 Å². The molecule has 10 heteroatoms. The molecule has 2 aliphatic heterocycles. The van der Waals surface area contributed by atoms with E-state index in [4.69, 9.17) is 0 Å². The zero-order chi connectivity index (χ0) is 22.6. The number of hydrogen-bond donors (Lipinski definition) is 1. The Morgan fingerprint density at radius 3 is 2.39 bits per heavy atom. The molecule has 0 aromatic heterocycles. The van der Waals surface area contributed by atoms with Crippen molar-refractivity contribution in [2.45, 2.75) is 74.8 Å². The molecule has 1 aliphatic carbocycles. The molecule has 3 fully saturated rings. The molecule has 1 saturated carbocycles. The lowest BCUT2D eigenvalue weighted by atomic mass is 9.97. The van der Waals surface area contributed by atoms with Crippen LogP contribution in [0.1, 0.15) is 51.5 Å². The number of sulfonamides is 1. The van der Waals surface area contributed by atoms with Crippen LogP contribution in [0.5, 0.6) is 0 Å². The fraction of sp³-hybridized carbons (Fsp3) is 0.667. The molecule has 1 N–H and O–H groups in total. The second-order valence-corrected chi connectivity index (χ2v) is 11.2. The van der Waals surface area contributed by atoms with Gasteiger partial charge >= 0.3 is 6.18 Å². The van der Waals surface area contributed by atoms with Crippen molar-refractivity contribution in [3.05, 3.63) is 29.8 Å². The second-order valence-electron chi connectivity index (χ2n) is 9.23.